The smallest absolute Gasteiger partial charge is 0.209 e. The summed E-state index contributed by atoms with van der Waals surface area (Å²) in [6.07, 6.45) is 1.18. The largest absolute Gasteiger partial charge is 0.388 e. The fourth-order valence-electron chi connectivity index (χ4n) is 1.47. The molecule has 19 heavy (non-hydrogen) atoms. The minimum atomic E-state index is -0.549. The van der Waals surface area contributed by atoms with Crippen molar-refractivity contribution in [3.63, 3.8) is 0 Å². The first kappa shape index (κ1) is 14.2. The van der Waals surface area contributed by atoms with E-state index >= 15 is 0 Å². The Morgan fingerprint density at radius 2 is 2.16 bits per heavy atom. The summed E-state index contributed by atoms with van der Waals surface area (Å²) < 4.78 is 2.64. The number of tetrazole rings is 1. The van der Waals surface area contributed by atoms with Gasteiger partial charge in [0.05, 0.1) is 12.6 Å². The first-order valence-corrected chi connectivity index (χ1v) is 7.42. The molecule has 1 aromatic heterocycles. The molecule has 0 saturated carbocycles. The van der Waals surface area contributed by atoms with Crippen LogP contribution in [0.2, 0.25) is 0 Å². The Balaban J connectivity index is 1.96. The highest BCUT2D eigenvalue weighted by Gasteiger charge is 2.11. The quantitative estimate of drug-likeness (QED) is 0.646. The number of rotatable bonds is 6. The van der Waals surface area contributed by atoms with Crippen LogP contribution in [0.1, 0.15) is 11.7 Å². The lowest BCUT2D eigenvalue weighted by atomic mass is 10.1. The zero-order chi connectivity index (χ0) is 13.7. The predicted molar refractivity (Wildman–Crippen MR) is 77.8 cm³/mol. The summed E-state index contributed by atoms with van der Waals surface area (Å²) in [5, 5.41) is 22.1. The Bertz CT molecular complexity index is 543. The first-order chi connectivity index (χ1) is 9.20. The maximum absolute atomic E-state index is 10.1. The van der Waals surface area contributed by atoms with Crippen molar-refractivity contribution in [3.05, 3.63) is 47.0 Å². The molecule has 0 saturated heterocycles. The Hall–Kier alpha value is -1.18. The number of nitrogens with zero attached hydrogens (tertiary/aromatic N) is 4. The van der Waals surface area contributed by atoms with Crippen LogP contribution in [-0.2, 0) is 6.54 Å². The Morgan fingerprint density at radius 1 is 1.42 bits per heavy atom. The molecule has 1 N–H and O–H groups in total. The number of aliphatic hydroxyl groups excluding tert-OH is 1. The lowest BCUT2D eigenvalue weighted by Gasteiger charge is -2.10. The van der Waals surface area contributed by atoms with Crippen LogP contribution in [0.25, 0.3) is 0 Å². The average molecular weight is 341 g/mol. The van der Waals surface area contributed by atoms with Crippen molar-refractivity contribution in [2.45, 2.75) is 17.8 Å². The summed E-state index contributed by atoms with van der Waals surface area (Å²) in [6, 6.07) is 7.60. The van der Waals surface area contributed by atoms with E-state index in [0.717, 1.165) is 10.0 Å². The predicted octanol–water partition coefficient (Wildman–Crippen LogP) is 2.45. The van der Waals surface area contributed by atoms with Gasteiger partial charge in [0, 0.05) is 10.2 Å². The normalized spacial score (nSPS) is 12.3. The topological polar surface area (TPSA) is 63.8 Å². The number of benzene rings is 1. The summed E-state index contributed by atoms with van der Waals surface area (Å²) >= 11 is 4.78. The van der Waals surface area contributed by atoms with Crippen molar-refractivity contribution in [1.82, 2.24) is 20.2 Å². The number of thioether (sulfide) groups is 1. The molecule has 0 radical (unpaired) electrons. The van der Waals surface area contributed by atoms with Gasteiger partial charge in [0.2, 0.25) is 5.16 Å². The number of aliphatic hydroxyl groups is 1. The molecule has 0 fully saturated rings. The monoisotopic (exact) mass is 340 g/mol. The lowest BCUT2D eigenvalue weighted by Crippen LogP contribution is -2.04. The summed E-state index contributed by atoms with van der Waals surface area (Å²) in [7, 11) is 0. The third kappa shape index (κ3) is 3.89. The third-order valence-corrected chi connectivity index (χ3v) is 3.99. The number of halogens is 1. The molecule has 0 amide bonds. The minimum absolute atomic E-state index is 0.499. The highest BCUT2D eigenvalue weighted by molar-refractivity contribution is 9.10. The van der Waals surface area contributed by atoms with E-state index < -0.39 is 6.10 Å². The second-order valence-electron chi connectivity index (χ2n) is 3.81. The molecule has 0 bridgehead atoms. The molecule has 1 aromatic carbocycles. The van der Waals surface area contributed by atoms with Crippen LogP contribution in [0.4, 0.5) is 0 Å². The minimum Gasteiger partial charge on any atom is -0.388 e. The SMILES string of the molecule is C=CCn1nnnc1SC[C@H](O)c1ccc(Br)cc1. The van der Waals surface area contributed by atoms with Gasteiger partial charge in [-0.15, -0.1) is 11.7 Å². The fourth-order valence-corrected chi connectivity index (χ4v) is 2.59. The van der Waals surface area contributed by atoms with E-state index in [1.807, 2.05) is 24.3 Å². The second kappa shape index (κ2) is 6.83. The van der Waals surface area contributed by atoms with E-state index in [1.54, 1.807) is 10.8 Å². The van der Waals surface area contributed by atoms with Crippen LogP contribution >= 0.6 is 27.7 Å². The number of allylic oxidation sites excluding steroid dienone is 1. The number of aromatic nitrogens is 4. The van der Waals surface area contributed by atoms with E-state index in [1.165, 1.54) is 11.8 Å². The summed E-state index contributed by atoms with van der Waals surface area (Å²) in [6.45, 7) is 4.21. The molecule has 7 heteroatoms. The Kier molecular flexibility index (Phi) is 5.12. The zero-order valence-electron chi connectivity index (χ0n) is 10.1. The molecular weight excluding hydrogens is 328 g/mol. The first-order valence-electron chi connectivity index (χ1n) is 5.64. The van der Waals surface area contributed by atoms with Gasteiger partial charge in [0.25, 0.3) is 0 Å². The molecule has 0 aliphatic rings. The van der Waals surface area contributed by atoms with Crippen molar-refractivity contribution in [2.75, 3.05) is 5.75 Å². The van der Waals surface area contributed by atoms with Gasteiger partial charge >= 0.3 is 0 Å². The van der Waals surface area contributed by atoms with E-state index in [9.17, 15) is 5.11 Å². The van der Waals surface area contributed by atoms with Crippen molar-refractivity contribution >= 4 is 27.7 Å². The van der Waals surface area contributed by atoms with Crippen molar-refractivity contribution in [1.29, 1.82) is 0 Å². The number of hydrogen-bond donors (Lipinski definition) is 1. The highest BCUT2D eigenvalue weighted by Crippen LogP contribution is 2.23. The molecule has 5 nitrogen and oxygen atoms in total. The van der Waals surface area contributed by atoms with Gasteiger partial charge in [-0.25, -0.2) is 4.68 Å². The molecular formula is C12H13BrN4OS. The van der Waals surface area contributed by atoms with Crippen LogP contribution in [0.15, 0.2) is 46.5 Å². The standard InChI is InChI=1S/C12H13BrN4OS/c1-2-7-17-12(14-15-16-17)19-8-11(18)9-3-5-10(13)6-4-9/h2-6,11,18H,1,7-8H2/t11-/m0/s1. The van der Waals surface area contributed by atoms with Crippen LogP contribution in [0.5, 0.6) is 0 Å². The van der Waals surface area contributed by atoms with Gasteiger partial charge in [-0.1, -0.05) is 45.9 Å². The van der Waals surface area contributed by atoms with Gasteiger partial charge in [-0.3, -0.25) is 0 Å². The van der Waals surface area contributed by atoms with Gasteiger partial charge in [0.1, 0.15) is 0 Å². The maximum atomic E-state index is 10.1. The number of hydrogen-bond acceptors (Lipinski definition) is 5. The van der Waals surface area contributed by atoms with Gasteiger partial charge in [0.15, 0.2) is 0 Å². The summed E-state index contributed by atoms with van der Waals surface area (Å²) in [5.74, 6) is 0.499. The van der Waals surface area contributed by atoms with E-state index in [4.69, 9.17) is 0 Å². The van der Waals surface area contributed by atoms with Gasteiger partial charge < -0.3 is 5.11 Å². The van der Waals surface area contributed by atoms with E-state index in [2.05, 4.69) is 38.0 Å². The summed E-state index contributed by atoms with van der Waals surface area (Å²) in [4.78, 5) is 0. The van der Waals surface area contributed by atoms with E-state index in [-0.39, 0.29) is 0 Å². The van der Waals surface area contributed by atoms with Crippen LogP contribution < -0.4 is 0 Å². The molecule has 0 aliphatic carbocycles. The average Bonchev–Trinajstić information content (AvgIpc) is 2.85. The van der Waals surface area contributed by atoms with Crippen LogP contribution in [0, 0.1) is 0 Å². The van der Waals surface area contributed by atoms with Gasteiger partial charge in [-0.2, -0.15) is 0 Å². The van der Waals surface area contributed by atoms with Crippen molar-refractivity contribution in [2.24, 2.45) is 0 Å². The maximum Gasteiger partial charge on any atom is 0.209 e. The van der Waals surface area contributed by atoms with E-state index in [0.29, 0.717) is 17.5 Å². The van der Waals surface area contributed by atoms with Crippen molar-refractivity contribution in [3.8, 4) is 0 Å². The highest BCUT2D eigenvalue weighted by atomic mass is 79.9. The van der Waals surface area contributed by atoms with Gasteiger partial charge in [-0.05, 0) is 28.1 Å². The fraction of sp³-hybridized carbons (Fsp3) is 0.250. The second-order valence-corrected chi connectivity index (χ2v) is 5.71. The molecule has 1 atom stereocenters. The van der Waals surface area contributed by atoms with Crippen molar-refractivity contribution < 1.29 is 5.11 Å². The van der Waals surface area contributed by atoms with Crippen LogP contribution in [-0.4, -0.2) is 31.1 Å². The molecule has 2 aromatic rings. The third-order valence-electron chi connectivity index (χ3n) is 2.43. The zero-order valence-corrected chi connectivity index (χ0v) is 12.5. The molecule has 0 aliphatic heterocycles. The molecule has 2 rings (SSSR count). The van der Waals surface area contributed by atoms with Crippen LogP contribution in [0.3, 0.4) is 0 Å². The lowest BCUT2D eigenvalue weighted by molar-refractivity contribution is 0.204. The molecule has 1 heterocycles. The Labute approximate surface area is 123 Å². The molecule has 100 valence electrons. The molecule has 0 unspecified atom stereocenters. The summed E-state index contributed by atoms with van der Waals surface area (Å²) in [5.41, 5.74) is 0.874. The Morgan fingerprint density at radius 3 is 2.84 bits per heavy atom. The molecule has 0 spiro atoms.